The zero-order valence-corrected chi connectivity index (χ0v) is 18.9. The molecule has 5 rings (SSSR count). The second kappa shape index (κ2) is 8.35. The van der Waals surface area contributed by atoms with Gasteiger partial charge in [0.15, 0.2) is 5.16 Å². The maximum Gasteiger partial charge on any atom is 0.258 e. The van der Waals surface area contributed by atoms with Crippen molar-refractivity contribution in [3.8, 4) is 18.4 Å². The maximum absolute atomic E-state index is 13.9. The summed E-state index contributed by atoms with van der Waals surface area (Å²) in [6.45, 7) is -0.0497. The Bertz CT molecular complexity index is 1570. The van der Waals surface area contributed by atoms with Crippen LogP contribution in [0.25, 0.3) is 0 Å². The Hall–Kier alpha value is -4.54. The fraction of sp³-hybridized carbons (Fsp3) is 0.120. The number of benzene rings is 2. The molecule has 10 heteroatoms. The van der Waals surface area contributed by atoms with E-state index in [0.29, 0.717) is 22.6 Å². The first-order chi connectivity index (χ1) is 16.9. The third-order valence-corrected chi connectivity index (χ3v) is 6.91. The van der Waals surface area contributed by atoms with Crippen LogP contribution in [0.15, 0.2) is 69.9 Å². The van der Waals surface area contributed by atoms with Crippen molar-refractivity contribution in [2.24, 2.45) is 5.73 Å². The van der Waals surface area contributed by atoms with Crippen molar-refractivity contribution in [1.82, 2.24) is 9.97 Å². The molecular formula is C25H17FN6O2S. The Balaban J connectivity index is 1.68. The molecule has 0 saturated carbocycles. The van der Waals surface area contributed by atoms with E-state index in [0.717, 1.165) is 0 Å². The van der Waals surface area contributed by atoms with Crippen molar-refractivity contribution < 1.29 is 9.18 Å². The first-order valence-electron chi connectivity index (χ1n) is 10.5. The van der Waals surface area contributed by atoms with Gasteiger partial charge >= 0.3 is 0 Å². The number of aromatic amines is 1. The molecule has 0 bridgehead atoms. The van der Waals surface area contributed by atoms with Crippen molar-refractivity contribution in [1.29, 1.82) is 5.26 Å². The van der Waals surface area contributed by atoms with Crippen LogP contribution in [0.4, 0.5) is 15.9 Å². The Morgan fingerprint density at radius 3 is 2.77 bits per heavy atom. The van der Waals surface area contributed by atoms with Gasteiger partial charge in [-0.15, -0.1) is 6.42 Å². The molecule has 0 radical (unpaired) electrons. The molecule has 3 aromatic rings. The number of terminal acetylenes is 1. The normalized spacial score (nSPS) is 18.0. The lowest BCUT2D eigenvalue weighted by Crippen LogP contribution is -2.49. The van der Waals surface area contributed by atoms with Crippen molar-refractivity contribution in [2.45, 2.75) is 16.3 Å². The number of nitriles is 1. The number of thioether (sulfide) groups is 1. The van der Waals surface area contributed by atoms with Gasteiger partial charge in [0.1, 0.15) is 28.9 Å². The second-order valence-electron chi connectivity index (χ2n) is 7.90. The van der Waals surface area contributed by atoms with Crippen LogP contribution in [-0.4, -0.2) is 22.4 Å². The smallest absolute Gasteiger partial charge is 0.258 e. The minimum absolute atomic E-state index is 0.0321. The van der Waals surface area contributed by atoms with Gasteiger partial charge in [0.05, 0.1) is 17.7 Å². The summed E-state index contributed by atoms with van der Waals surface area (Å²) in [6, 6.07) is 15.0. The van der Waals surface area contributed by atoms with Gasteiger partial charge < -0.3 is 16.0 Å². The third kappa shape index (κ3) is 3.27. The standard InChI is InChI=1S/C25H17FN6O2S/c1-2-10-32-18-9-4-3-8-16(18)25(23(32)34)17(12-27)20(28)29-21-19(25)22(33)31-24(30-21)35-13-14-6-5-7-15(26)11-14/h1,3-9,11H,10,13,28H2,(H2,29,30,31,33). The Morgan fingerprint density at radius 2 is 2.03 bits per heavy atom. The van der Waals surface area contributed by atoms with Crippen molar-refractivity contribution in [3.05, 3.63) is 92.8 Å². The van der Waals surface area contributed by atoms with Gasteiger partial charge in [0.25, 0.3) is 5.56 Å². The molecule has 35 heavy (non-hydrogen) atoms. The number of anilines is 2. The minimum atomic E-state index is -1.79. The molecule has 1 spiro atoms. The van der Waals surface area contributed by atoms with Crippen molar-refractivity contribution in [3.63, 3.8) is 0 Å². The molecule has 1 aromatic heterocycles. The number of nitrogens with one attached hydrogen (secondary N) is 2. The SMILES string of the molecule is C#CCN1C(=O)C2(C(C#N)=C(N)Nc3nc(SCc4cccc(F)c4)[nH]c(=O)c32)c2ccccc21. The summed E-state index contributed by atoms with van der Waals surface area (Å²) in [6.07, 6.45) is 5.51. The summed E-state index contributed by atoms with van der Waals surface area (Å²) >= 11 is 1.19. The number of carbonyl (C=O) groups is 1. The molecule has 2 aromatic carbocycles. The number of fused-ring (bicyclic) bond motifs is 4. The van der Waals surface area contributed by atoms with Crippen molar-refractivity contribution >= 4 is 29.2 Å². The van der Waals surface area contributed by atoms with E-state index in [4.69, 9.17) is 12.2 Å². The number of hydrogen-bond acceptors (Lipinski definition) is 7. The van der Waals surface area contributed by atoms with E-state index in [2.05, 4.69) is 21.2 Å². The first-order valence-corrected chi connectivity index (χ1v) is 11.4. The molecule has 172 valence electrons. The number of nitrogens with zero attached hydrogens (tertiary/aromatic N) is 3. The predicted molar refractivity (Wildman–Crippen MR) is 130 cm³/mol. The lowest BCUT2D eigenvalue weighted by Gasteiger charge is -2.33. The highest BCUT2D eigenvalue weighted by molar-refractivity contribution is 7.98. The van der Waals surface area contributed by atoms with Crippen LogP contribution < -0.4 is 21.5 Å². The predicted octanol–water partition coefficient (Wildman–Crippen LogP) is 2.59. The zero-order valence-electron chi connectivity index (χ0n) is 18.1. The molecule has 0 fully saturated rings. The number of halogens is 1. The topological polar surface area (TPSA) is 128 Å². The summed E-state index contributed by atoms with van der Waals surface area (Å²) in [5.41, 5.74) is 5.31. The van der Waals surface area contributed by atoms with Crippen LogP contribution in [0.5, 0.6) is 0 Å². The van der Waals surface area contributed by atoms with Crippen LogP contribution in [0.3, 0.4) is 0 Å². The lowest BCUT2D eigenvalue weighted by atomic mass is 9.69. The van der Waals surface area contributed by atoms with Crippen LogP contribution in [0.2, 0.25) is 0 Å². The molecule has 1 unspecified atom stereocenters. The fourth-order valence-corrected chi connectivity index (χ4v) is 5.39. The minimum Gasteiger partial charge on any atom is -0.384 e. The molecule has 3 heterocycles. The summed E-state index contributed by atoms with van der Waals surface area (Å²) in [4.78, 5) is 36.0. The zero-order chi connectivity index (χ0) is 24.7. The van der Waals surface area contributed by atoms with E-state index in [1.165, 1.54) is 28.8 Å². The van der Waals surface area contributed by atoms with Gasteiger partial charge in [0.2, 0.25) is 5.91 Å². The summed E-state index contributed by atoms with van der Waals surface area (Å²) < 4.78 is 13.5. The molecular weight excluding hydrogens is 467 g/mol. The van der Waals surface area contributed by atoms with E-state index in [9.17, 15) is 19.2 Å². The van der Waals surface area contributed by atoms with Crippen LogP contribution in [0, 0.1) is 29.5 Å². The number of aromatic nitrogens is 2. The summed E-state index contributed by atoms with van der Waals surface area (Å²) in [5.74, 6) is 1.88. The number of nitrogens with two attached hydrogens (primary N) is 1. The number of hydrogen-bond donors (Lipinski definition) is 3. The maximum atomic E-state index is 13.9. The van der Waals surface area contributed by atoms with Gasteiger partial charge in [0, 0.05) is 17.0 Å². The lowest BCUT2D eigenvalue weighted by molar-refractivity contribution is -0.120. The van der Waals surface area contributed by atoms with E-state index >= 15 is 0 Å². The van der Waals surface area contributed by atoms with Crippen LogP contribution in [0.1, 0.15) is 16.7 Å². The molecule has 2 aliphatic rings. The van der Waals surface area contributed by atoms with E-state index in [-0.39, 0.29) is 40.3 Å². The quantitative estimate of drug-likeness (QED) is 0.295. The number of para-hydroxylation sites is 1. The number of rotatable bonds is 4. The monoisotopic (exact) mass is 484 g/mol. The molecule has 1 amide bonds. The van der Waals surface area contributed by atoms with E-state index in [1.807, 2.05) is 6.07 Å². The first kappa shape index (κ1) is 22.3. The molecule has 2 aliphatic heterocycles. The number of amides is 1. The highest BCUT2D eigenvalue weighted by Crippen LogP contribution is 2.52. The molecule has 0 saturated heterocycles. The van der Waals surface area contributed by atoms with Gasteiger partial charge in [-0.2, -0.15) is 5.26 Å². The molecule has 8 nitrogen and oxygen atoms in total. The van der Waals surface area contributed by atoms with Crippen molar-refractivity contribution in [2.75, 3.05) is 16.8 Å². The highest BCUT2D eigenvalue weighted by atomic mass is 32.2. The number of H-pyrrole nitrogens is 1. The van der Waals surface area contributed by atoms with Gasteiger partial charge in [-0.3, -0.25) is 14.5 Å². The average molecular weight is 485 g/mol. The summed E-state index contributed by atoms with van der Waals surface area (Å²) in [7, 11) is 0. The van der Waals surface area contributed by atoms with Gasteiger partial charge in [-0.25, -0.2) is 9.37 Å². The van der Waals surface area contributed by atoms with Crippen LogP contribution >= 0.6 is 11.8 Å². The van der Waals surface area contributed by atoms with E-state index in [1.54, 1.807) is 36.4 Å². The Morgan fingerprint density at radius 1 is 1.23 bits per heavy atom. The average Bonchev–Trinajstić information content (AvgIpc) is 3.07. The molecule has 4 N–H and O–H groups in total. The van der Waals surface area contributed by atoms with Gasteiger partial charge in [-0.05, 0) is 23.8 Å². The molecule has 0 aliphatic carbocycles. The molecule has 1 atom stereocenters. The summed E-state index contributed by atoms with van der Waals surface area (Å²) in [5, 5.41) is 13.1. The fourth-order valence-electron chi connectivity index (χ4n) is 4.58. The highest BCUT2D eigenvalue weighted by Gasteiger charge is 2.60. The Labute approximate surface area is 203 Å². The van der Waals surface area contributed by atoms with Gasteiger partial charge in [-0.1, -0.05) is 48.0 Å². The second-order valence-corrected chi connectivity index (χ2v) is 8.87. The van der Waals surface area contributed by atoms with Crippen LogP contribution in [-0.2, 0) is 16.0 Å². The van der Waals surface area contributed by atoms with E-state index < -0.39 is 16.9 Å². The number of carbonyl (C=O) groups excluding carboxylic acids is 1. The Kier molecular flexibility index (Phi) is 5.31. The largest absolute Gasteiger partial charge is 0.384 e. The third-order valence-electron chi connectivity index (χ3n) is 5.96.